The van der Waals surface area contributed by atoms with Crippen LogP contribution in [0.2, 0.25) is 5.02 Å². The van der Waals surface area contributed by atoms with Crippen LogP contribution in [0.3, 0.4) is 0 Å². The standard InChI is InChI=1S/C19H18BrClFN3O/c1-2-3-4-9-23-19(26)13-10-15(21)18-24-16(17(20)25(18)11-13)12-5-7-14(22)8-6-12/h5-8,10-11H,2-4,9H2,1H3,(H,23,26). The van der Waals surface area contributed by atoms with Gasteiger partial charge in [-0.05, 0) is 52.7 Å². The molecule has 0 radical (unpaired) electrons. The highest BCUT2D eigenvalue weighted by Crippen LogP contribution is 2.32. The number of unbranched alkanes of at least 4 members (excludes halogenated alkanes) is 2. The summed E-state index contributed by atoms with van der Waals surface area (Å²) in [5, 5.41) is 3.28. The Morgan fingerprint density at radius 2 is 2.04 bits per heavy atom. The molecular weight excluding hydrogens is 421 g/mol. The Labute approximate surface area is 164 Å². The number of pyridine rings is 1. The van der Waals surface area contributed by atoms with Crippen LogP contribution in [0, 0.1) is 5.82 Å². The summed E-state index contributed by atoms with van der Waals surface area (Å²) in [4.78, 5) is 16.9. The summed E-state index contributed by atoms with van der Waals surface area (Å²) in [7, 11) is 0. The highest BCUT2D eigenvalue weighted by Gasteiger charge is 2.17. The third-order valence-corrected chi connectivity index (χ3v) is 5.10. The number of halogens is 3. The fourth-order valence-electron chi connectivity index (χ4n) is 2.67. The Kier molecular flexibility index (Phi) is 5.94. The number of aromatic nitrogens is 2. The van der Waals surface area contributed by atoms with Gasteiger partial charge in [0.05, 0.1) is 10.6 Å². The molecule has 136 valence electrons. The molecule has 0 aliphatic heterocycles. The summed E-state index contributed by atoms with van der Waals surface area (Å²) in [6.07, 6.45) is 4.82. The van der Waals surface area contributed by atoms with Gasteiger partial charge in [0.15, 0.2) is 5.65 Å². The first kappa shape index (κ1) is 18.9. The van der Waals surface area contributed by atoms with Gasteiger partial charge in [0.25, 0.3) is 5.91 Å². The number of amides is 1. The number of carbonyl (C=O) groups is 1. The molecule has 0 saturated heterocycles. The Balaban J connectivity index is 1.94. The lowest BCUT2D eigenvalue weighted by molar-refractivity contribution is 0.0952. The Hall–Kier alpha value is -1.92. The molecule has 2 aromatic heterocycles. The van der Waals surface area contributed by atoms with E-state index in [-0.39, 0.29) is 11.7 Å². The van der Waals surface area contributed by atoms with Crippen molar-refractivity contribution in [2.45, 2.75) is 26.2 Å². The van der Waals surface area contributed by atoms with Crippen LogP contribution in [0.1, 0.15) is 36.5 Å². The Morgan fingerprint density at radius 3 is 2.73 bits per heavy atom. The first-order valence-electron chi connectivity index (χ1n) is 8.42. The summed E-state index contributed by atoms with van der Waals surface area (Å²) in [5.74, 6) is -0.484. The minimum absolute atomic E-state index is 0.172. The molecule has 1 amide bonds. The predicted octanol–water partition coefficient (Wildman–Crippen LogP) is 5.48. The van der Waals surface area contributed by atoms with Gasteiger partial charge >= 0.3 is 0 Å². The second kappa shape index (κ2) is 8.18. The van der Waals surface area contributed by atoms with Gasteiger partial charge in [-0.3, -0.25) is 9.20 Å². The first-order valence-corrected chi connectivity index (χ1v) is 9.59. The summed E-state index contributed by atoms with van der Waals surface area (Å²) in [6, 6.07) is 7.67. The van der Waals surface area contributed by atoms with Gasteiger partial charge in [-0.2, -0.15) is 0 Å². The molecule has 0 saturated carbocycles. The molecular formula is C19H18BrClFN3O. The second-order valence-corrected chi connectivity index (χ2v) is 7.15. The smallest absolute Gasteiger partial charge is 0.252 e. The molecule has 0 spiro atoms. The average molecular weight is 439 g/mol. The number of hydrogen-bond donors (Lipinski definition) is 1. The molecule has 3 rings (SSSR count). The molecule has 1 N–H and O–H groups in total. The van der Waals surface area contributed by atoms with Crippen LogP contribution in [-0.4, -0.2) is 21.8 Å². The lowest BCUT2D eigenvalue weighted by atomic mass is 10.2. The average Bonchev–Trinajstić information content (AvgIpc) is 2.97. The van der Waals surface area contributed by atoms with E-state index in [1.54, 1.807) is 28.8 Å². The summed E-state index contributed by atoms with van der Waals surface area (Å²) < 4.78 is 15.5. The van der Waals surface area contributed by atoms with Crippen LogP contribution >= 0.6 is 27.5 Å². The van der Waals surface area contributed by atoms with Crippen molar-refractivity contribution >= 4 is 39.1 Å². The van der Waals surface area contributed by atoms with Crippen molar-refractivity contribution in [2.24, 2.45) is 0 Å². The quantitative estimate of drug-likeness (QED) is 0.518. The van der Waals surface area contributed by atoms with Gasteiger partial charge < -0.3 is 5.32 Å². The van der Waals surface area contributed by atoms with E-state index in [1.165, 1.54) is 12.1 Å². The molecule has 0 bridgehead atoms. The third-order valence-electron chi connectivity index (χ3n) is 4.06. The van der Waals surface area contributed by atoms with Crippen molar-refractivity contribution < 1.29 is 9.18 Å². The van der Waals surface area contributed by atoms with Crippen LogP contribution < -0.4 is 5.32 Å². The number of imidazole rings is 1. The van der Waals surface area contributed by atoms with E-state index in [0.29, 0.717) is 33.1 Å². The number of carbonyl (C=O) groups excluding carboxylic acids is 1. The Morgan fingerprint density at radius 1 is 1.31 bits per heavy atom. The van der Waals surface area contributed by atoms with Gasteiger partial charge in [0.2, 0.25) is 0 Å². The predicted molar refractivity (Wildman–Crippen MR) is 105 cm³/mol. The van der Waals surface area contributed by atoms with Crippen LogP contribution in [0.4, 0.5) is 4.39 Å². The van der Waals surface area contributed by atoms with E-state index in [9.17, 15) is 9.18 Å². The monoisotopic (exact) mass is 437 g/mol. The molecule has 0 unspecified atom stereocenters. The minimum Gasteiger partial charge on any atom is -0.352 e. The minimum atomic E-state index is -0.311. The van der Waals surface area contributed by atoms with Crippen LogP contribution in [0.5, 0.6) is 0 Å². The lowest BCUT2D eigenvalue weighted by Crippen LogP contribution is -2.24. The van der Waals surface area contributed by atoms with Gasteiger partial charge in [0, 0.05) is 18.3 Å². The van der Waals surface area contributed by atoms with Crippen LogP contribution in [-0.2, 0) is 0 Å². The molecule has 1 aromatic carbocycles. The van der Waals surface area contributed by atoms with Crippen LogP contribution in [0.25, 0.3) is 16.9 Å². The number of benzene rings is 1. The van der Waals surface area contributed by atoms with Crippen molar-refractivity contribution in [1.82, 2.24) is 14.7 Å². The van der Waals surface area contributed by atoms with E-state index in [2.05, 4.69) is 33.2 Å². The number of nitrogens with zero attached hydrogens (tertiary/aromatic N) is 2. The maximum Gasteiger partial charge on any atom is 0.252 e. The van der Waals surface area contributed by atoms with E-state index >= 15 is 0 Å². The van der Waals surface area contributed by atoms with Gasteiger partial charge in [-0.1, -0.05) is 31.4 Å². The fourth-order valence-corrected chi connectivity index (χ4v) is 3.51. The molecule has 0 aliphatic rings. The highest BCUT2D eigenvalue weighted by atomic mass is 79.9. The normalized spacial score (nSPS) is 11.1. The van der Waals surface area contributed by atoms with E-state index in [4.69, 9.17) is 11.6 Å². The topological polar surface area (TPSA) is 46.4 Å². The molecule has 7 heteroatoms. The largest absolute Gasteiger partial charge is 0.352 e. The number of hydrogen-bond acceptors (Lipinski definition) is 2. The number of nitrogens with one attached hydrogen (secondary N) is 1. The zero-order valence-electron chi connectivity index (χ0n) is 14.2. The van der Waals surface area contributed by atoms with E-state index in [1.807, 2.05) is 0 Å². The summed E-state index contributed by atoms with van der Waals surface area (Å²) >= 11 is 9.86. The lowest BCUT2D eigenvalue weighted by Gasteiger charge is -2.07. The van der Waals surface area contributed by atoms with Gasteiger partial charge in [-0.15, -0.1) is 0 Å². The highest BCUT2D eigenvalue weighted by molar-refractivity contribution is 9.10. The van der Waals surface area contributed by atoms with Crippen molar-refractivity contribution in [3.05, 3.63) is 57.5 Å². The van der Waals surface area contributed by atoms with Crippen LogP contribution in [0.15, 0.2) is 41.1 Å². The SMILES string of the molecule is CCCCCNC(=O)c1cc(Cl)c2nc(-c3ccc(F)cc3)c(Br)n2c1. The molecule has 2 heterocycles. The maximum absolute atomic E-state index is 13.2. The summed E-state index contributed by atoms with van der Waals surface area (Å²) in [6.45, 7) is 2.75. The summed E-state index contributed by atoms with van der Waals surface area (Å²) in [5.41, 5.74) is 2.37. The van der Waals surface area contributed by atoms with Crippen molar-refractivity contribution in [3.63, 3.8) is 0 Å². The van der Waals surface area contributed by atoms with Gasteiger partial charge in [-0.25, -0.2) is 9.37 Å². The molecule has 4 nitrogen and oxygen atoms in total. The Bertz CT molecular complexity index is 940. The van der Waals surface area contributed by atoms with E-state index < -0.39 is 0 Å². The molecule has 26 heavy (non-hydrogen) atoms. The van der Waals surface area contributed by atoms with Crippen molar-refractivity contribution in [3.8, 4) is 11.3 Å². The first-order chi connectivity index (χ1) is 12.5. The maximum atomic E-state index is 13.2. The number of fused-ring (bicyclic) bond motifs is 1. The van der Waals surface area contributed by atoms with Gasteiger partial charge in [0.1, 0.15) is 16.1 Å². The van der Waals surface area contributed by atoms with E-state index in [0.717, 1.165) is 24.8 Å². The molecule has 0 atom stereocenters. The fraction of sp³-hybridized carbons (Fsp3) is 0.263. The molecule has 0 fully saturated rings. The zero-order chi connectivity index (χ0) is 18.7. The second-order valence-electron chi connectivity index (χ2n) is 5.99. The molecule has 3 aromatic rings. The van der Waals surface area contributed by atoms with Crippen molar-refractivity contribution in [1.29, 1.82) is 0 Å². The third kappa shape index (κ3) is 3.91. The zero-order valence-corrected chi connectivity index (χ0v) is 16.6. The van der Waals surface area contributed by atoms with Crippen molar-refractivity contribution in [2.75, 3.05) is 6.54 Å². The number of rotatable bonds is 6. The molecule has 0 aliphatic carbocycles.